The van der Waals surface area contributed by atoms with E-state index in [1.54, 1.807) is 0 Å². The Hall–Kier alpha value is -1.06. The summed E-state index contributed by atoms with van der Waals surface area (Å²) in [6.07, 6.45) is 4.63. The molecular weight excluding hydrogens is 254 g/mol. The zero-order chi connectivity index (χ0) is 14.9. The number of carboxylic acid groups (broad SMARTS) is 1. The molecule has 2 unspecified atom stereocenters. The lowest BCUT2D eigenvalue weighted by atomic mass is 9.86. The third-order valence-electron chi connectivity index (χ3n) is 5.70. The number of hydrogen-bond donors (Lipinski definition) is 1. The van der Waals surface area contributed by atoms with E-state index in [1.807, 2.05) is 11.8 Å². The van der Waals surface area contributed by atoms with Gasteiger partial charge in [0.25, 0.3) is 0 Å². The first-order valence-corrected chi connectivity index (χ1v) is 7.96. The van der Waals surface area contributed by atoms with Gasteiger partial charge in [-0.2, -0.15) is 0 Å². The van der Waals surface area contributed by atoms with Gasteiger partial charge in [-0.15, -0.1) is 0 Å². The maximum atomic E-state index is 12.5. The van der Waals surface area contributed by atoms with Crippen molar-refractivity contribution in [2.45, 2.75) is 52.9 Å². The van der Waals surface area contributed by atoms with Gasteiger partial charge in [-0.1, -0.05) is 33.6 Å². The van der Waals surface area contributed by atoms with Crippen molar-refractivity contribution in [2.75, 3.05) is 13.1 Å². The molecule has 1 N–H and O–H groups in total. The second-order valence-corrected chi connectivity index (χ2v) is 6.65. The average Bonchev–Trinajstić information content (AvgIpc) is 3.14. The summed E-state index contributed by atoms with van der Waals surface area (Å²) in [6, 6.07) is 0. The predicted octanol–water partition coefficient (Wildman–Crippen LogP) is 2.77. The van der Waals surface area contributed by atoms with E-state index in [2.05, 4.69) is 13.8 Å². The van der Waals surface area contributed by atoms with Gasteiger partial charge in [0.1, 0.15) is 0 Å². The van der Waals surface area contributed by atoms with Crippen molar-refractivity contribution in [3.8, 4) is 0 Å². The van der Waals surface area contributed by atoms with Gasteiger partial charge in [0.2, 0.25) is 5.91 Å². The Labute approximate surface area is 121 Å². The summed E-state index contributed by atoms with van der Waals surface area (Å²) in [7, 11) is 0. The fraction of sp³-hybridized carbons (Fsp3) is 0.875. The Morgan fingerprint density at radius 2 is 1.80 bits per heavy atom. The van der Waals surface area contributed by atoms with E-state index in [0.29, 0.717) is 5.92 Å². The average molecular weight is 281 g/mol. The molecule has 4 nitrogen and oxygen atoms in total. The highest BCUT2D eigenvalue weighted by Gasteiger charge is 2.59. The Morgan fingerprint density at radius 3 is 2.20 bits per heavy atom. The van der Waals surface area contributed by atoms with Crippen LogP contribution >= 0.6 is 0 Å². The van der Waals surface area contributed by atoms with Gasteiger partial charge < -0.3 is 10.0 Å². The van der Waals surface area contributed by atoms with Crippen molar-refractivity contribution in [2.24, 2.45) is 23.2 Å². The molecule has 4 heteroatoms. The van der Waals surface area contributed by atoms with Crippen molar-refractivity contribution in [1.82, 2.24) is 4.90 Å². The molecule has 114 valence electrons. The topological polar surface area (TPSA) is 57.6 Å². The van der Waals surface area contributed by atoms with E-state index in [1.165, 1.54) is 0 Å². The number of nitrogens with zero attached hydrogens (tertiary/aromatic N) is 1. The summed E-state index contributed by atoms with van der Waals surface area (Å²) < 4.78 is 0. The molecule has 0 aromatic carbocycles. The summed E-state index contributed by atoms with van der Waals surface area (Å²) in [6.45, 7) is 7.82. The maximum Gasteiger partial charge on any atom is 0.307 e. The van der Waals surface area contributed by atoms with Crippen LogP contribution in [0.3, 0.4) is 0 Å². The van der Waals surface area contributed by atoms with Gasteiger partial charge in [-0.3, -0.25) is 9.59 Å². The van der Waals surface area contributed by atoms with E-state index >= 15 is 0 Å². The number of carbonyl (C=O) groups excluding carboxylic acids is 1. The van der Waals surface area contributed by atoms with Crippen LogP contribution in [0.15, 0.2) is 0 Å². The summed E-state index contributed by atoms with van der Waals surface area (Å²) >= 11 is 0. The van der Waals surface area contributed by atoms with E-state index in [0.717, 1.165) is 45.2 Å². The maximum absolute atomic E-state index is 12.5. The fourth-order valence-electron chi connectivity index (χ4n) is 3.91. The summed E-state index contributed by atoms with van der Waals surface area (Å²) in [4.78, 5) is 25.5. The molecule has 1 saturated carbocycles. The van der Waals surface area contributed by atoms with Gasteiger partial charge in [0.05, 0.1) is 5.92 Å². The standard InChI is InChI=1S/C16H27NO3/c1-4-12(5-2)11(3)14(18)17-8-6-16(7-9-17)10-13(16)15(19)20/h11-13H,4-10H2,1-3H3,(H,19,20). The zero-order valence-corrected chi connectivity index (χ0v) is 12.9. The summed E-state index contributed by atoms with van der Waals surface area (Å²) in [5.41, 5.74) is 0.0146. The number of piperidine rings is 1. The fourth-order valence-corrected chi connectivity index (χ4v) is 3.91. The number of carbonyl (C=O) groups is 2. The number of carboxylic acids is 1. The molecule has 1 aliphatic carbocycles. The van der Waals surface area contributed by atoms with Crippen molar-refractivity contribution >= 4 is 11.9 Å². The van der Waals surface area contributed by atoms with Crippen LogP contribution in [0.1, 0.15) is 52.9 Å². The van der Waals surface area contributed by atoms with Crippen molar-refractivity contribution in [3.63, 3.8) is 0 Å². The number of likely N-dealkylation sites (tertiary alicyclic amines) is 1. The Balaban J connectivity index is 1.88. The molecule has 2 fully saturated rings. The molecule has 20 heavy (non-hydrogen) atoms. The molecule has 2 rings (SSSR count). The number of hydrogen-bond acceptors (Lipinski definition) is 2. The predicted molar refractivity (Wildman–Crippen MR) is 77.2 cm³/mol. The van der Waals surface area contributed by atoms with Crippen LogP contribution in [0.2, 0.25) is 0 Å². The Kier molecular flexibility index (Phi) is 4.40. The highest BCUT2D eigenvalue weighted by molar-refractivity contribution is 5.79. The van der Waals surface area contributed by atoms with Gasteiger partial charge in [-0.05, 0) is 30.6 Å². The SMILES string of the molecule is CCC(CC)C(C)C(=O)N1CCC2(CC1)CC2C(=O)O. The lowest BCUT2D eigenvalue weighted by molar-refractivity contribution is -0.140. The van der Waals surface area contributed by atoms with E-state index in [-0.39, 0.29) is 23.2 Å². The number of rotatable bonds is 5. The largest absolute Gasteiger partial charge is 0.481 e. The van der Waals surface area contributed by atoms with Crippen LogP contribution in [0.5, 0.6) is 0 Å². The highest BCUT2D eigenvalue weighted by Crippen LogP contribution is 2.59. The molecule has 1 saturated heterocycles. The molecule has 1 spiro atoms. The molecule has 0 bridgehead atoms. The van der Waals surface area contributed by atoms with Crippen LogP contribution in [0.25, 0.3) is 0 Å². The third-order valence-corrected chi connectivity index (χ3v) is 5.70. The van der Waals surface area contributed by atoms with Crippen LogP contribution in [-0.2, 0) is 9.59 Å². The highest BCUT2D eigenvalue weighted by atomic mass is 16.4. The van der Waals surface area contributed by atoms with Gasteiger partial charge >= 0.3 is 5.97 Å². The Morgan fingerprint density at radius 1 is 1.25 bits per heavy atom. The van der Waals surface area contributed by atoms with E-state index in [4.69, 9.17) is 5.11 Å². The first-order valence-electron chi connectivity index (χ1n) is 7.96. The zero-order valence-electron chi connectivity index (χ0n) is 12.9. The lowest BCUT2D eigenvalue weighted by Crippen LogP contribution is -2.43. The quantitative estimate of drug-likeness (QED) is 0.843. The molecule has 0 aromatic heterocycles. The molecule has 2 aliphatic rings. The smallest absolute Gasteiger partial charge is 0.307 e. The molecule has 1 heterocycles. The minimum Gasteiger partial charge on any atom is -0.481 e. The first-order chi connectivity index (χ1) is 9.45. The van der Waals surface area contributed by atoms with Crippen LogP contribution in [0.4, 0.5) is 0 Å². The van der Waals surface area contributed by atoms with Crippen LogP contribution in [0, 0.1) is 23.2 Å². The molecular formula is C16H27NO3. The van der Waals surface area contributed by atoms with Crippen LogP contribution in [-0.4, -0.2) is 35.0 Å². The molecule has 0 aromatic rings. The third kappa shape index (κ3) is 2.70. The summed E-state index contributed by atoms with van der Waals surface area (Å²) in [5, 5.41) is 9.09. The number of amides is 1. The van der Waals surface area contributed by atoms with Crippen LogP contribution < -0.4 is 0 Å². The first kappa shape index (κ1) is 15.3. The summed E-state index contributed by atoms with van der Waals surface area (Å²) in [5.74, 6) is 0.00654. The Bertz CT molecular complexity index is 381. The van der Waals surface area contributed by atoms with E-state index < -0.39 is 5.97 Å². The van der Waals surface area contributed by atoms with E-state index in [9.17, 15) is 9.59 Å². The minimum absolute atomic E-state index is 0.0146. The lowest BCUT2D eigenvalue weighted by Gasteiger charge is -2.35. The van der Waals surface area contributed by atoms with Gasteiger partial charge in [-0.25, -0.2) is 0 Å². The second-order valence-electron chi connectivity index (χ2n) is 6.65. The molecule has 0 radical (unpaired) electrons. The molecule has 1 amide bonds. The molecule has 1 aliphatic heterocycles. The van der Waals surface area contributed by atoms with Gasteiger partial charge in [0, 0.05) is 19.0 Å². The second kappa shape index (κ2) is 5.74. The monoisotopic (exact) mass is 281 g/mol. The normalized spacial score (nSPS) is 25.8. The molecule has 2 atom stereocenters. The van der Waals surface area contributed by atoms with Crippen molar-refractivity contribution in [1.29, 1.82) is 0 Å². The van der Waals surface area contributed by atoms with Crippen molar-refractivity contribution < 1.29 is 14.7 Å². The minimum atomic E-state index is -0.657. The number of aliphatic carboxylic acids is 1. The van der Waals surface area contributed by atoms with Gasteiger partial charge in [0.15, 0.2) is 0 Å². The van der Waals surface area contributed by atoms with Crippen molar-refractivity contribution in [3.05, 3.63) is 0 Å².